The van der Waals surface area contributed by atoms with E-state index in [2.05, 4.69) is 29.9 Å². The molecule has 0 spiro atoms. The lowest BCUT2D eigenvalue weighted by atomic mass is 10.1. The molecule has 0 amide bonds. The highest BCUT2D eigenvalue weighted by atomic mass is 32.2. The van der Waals surface area contributed by atoms with Gasteiger partial charge < -0.3 is 9.47 Å². The van der Waals surface area contributed by atoms with Crippen LogP contribution in [0.2, 0.25) is 0 Å². The van der Waals surface area contributed by atoms with Gasteiger partial charge in [-0.1, -0.05) is 6.92 Å². The molecule has 0 radical (unpaired) electrons. The SMILES string of the molecule is COCC(COC)n1c(NS(=O)(=O)[C@@H](C)[C@H](C)c2ncc(C)cn2)nnc1-c1cccnc1. The second-order valence-corrected chi connectivity index (χ2v) is 9.82. The van der Waals surface area contributed by atoms with Crippen LogP contribution in [0.4, 0.5) is 5.95 Å². The molecular weight excluding hydrogens is 446 g/mol. The highest BCUT2D eigenvalue weighted by molar-refractivity contribution is 7.93. The van der Waals surface area contributed by atoms with Crippen LogP contribution in [0.25, 0.3) is 11.4 Å². The minimum absolute atomic E-state index is 0.0665. The smallest absolute Gasteiger partial charge is 0.238 e. The Hall–Kier alpha value is -2.96. The van der Waals surface area contributed by atoms with E-state index in [0.29, 0.717) is 17.2 Å². The number of anilines is 1. The third kappa shape index (κ3) is 5.70. The fourth-order valence-corrected chi connectivity index (χ4v) is 4.56. The predicted octanol–water partition coefficient (Wildman–Crippen LogP) is 2.21. The van der Waals surface area contributed by atoms with Crippen LogP contribution in [0.3, 0.4) is 0 Å². The predicted molar refractivity (Wildman–Crippen MR) is 123 cm³/mol. The summed E-state index contributed by atoms with van der Waals surface area (Å²) >= 11 is 0. The highest BCUT2D eigenvalue weighted by Gasteiger charge is 2.32. The van der Waals surface area contributed by atoms with Crippen molar-refractivity contribution in [1.29, 1.82) is 0 Å². The Bertz CT molecular complexity index is 1130. The third-order valence-corrected chi connectivity index (χ3v) is 7.19. The van der Waals surface area contributed by atoms with Crippen LogP contribution in [0.1, 0.15) is 37.2 Å². The standard InChI is InChI=1S/C21H29N7O4S/c1-14-9-23-19(24-10-14)15(2)16(3)33(29,30)27-21-26-25-20(17-7-6-8-22-11-17)28(21)18(12-31-4)13-32-5/h6-11,15-16,18H,12-13H2,1-5H3,(H,26,27)/t15-,16-/m0/s1. The van der Waals surface area contributed by atoms with Crippen LogP contribution in [-0.2, 0) is 19.5 Å². The summed E-state index contributed by atoms with van der Waals surface area (Å²) in [5.41, 5.74) is 1.58. The molecule has 0 unspecified atom stereocenters. The van der Waals surface area contributed by atoms with Gasteiger partial charge >= 0.3 is 0 Å². The number of rotatable bonds is 11. The van der Waals surface area contributed by atoms with Crippen molar-refractivity contribution in [3.8, 4) is 11.4 Å². The number of hydrogen-bond donors (Lipinski definition) is 1. The first-order valence-electron chi connectivity index (χ1n) is 10.4. The summed E-state index contributed by atoms with van der Waals surface area (Å²) in [6.45, 7) is 5.78. The maximum absolute atomic E-state index is 13.3. The van der Waals surface area contributed by atoms with Crippen molar-refractivity contribution in [3.05, 3.63) is 48.3 Å². The van der Waals surface area contributed by atoms with Gasteiger partial charge in [0.05, 0.1) is 24.5 Å². The molecule has 3 aromatic rings. The van der Waals surface area contributed by atoms with E-state index in [1.165, 1.54) is 0 Å². The van der Waals surface area contributed by atoms with Crippen molar-refractivity contribution in [2.24, 2.45) is 0 Å². The number of aryl methyl sites for hydroxylation is 1. The van der Waals surface area contributed by atoms with Crippen LogP contribution in [0.5, 0.6) is 0 Å². The fourth-order valence-electron chi connectivity index (χ4n) is 3.32. The van der Waals surface area contributed by atoms with Gasteiger partial charge in [0.15, 0.2) is 5.82 Å². The lowest BCUT2D eigenvalue weighted by Gasteiger charge is -2.23. The van der Waals surface area contributed by atoms with E-state index in [-0.39, 0.29) is 25.2 Å². The molecule has 0 aliphatic heterocycles. The number of hydrogen-bond acceptors (Lipinski definition) is 9. The number of nitrogens with zero attached hydrogens (tertiary/aromatic N) is 6. The molecule has 178 valence electrons. The van der Waals surface area contributed by atoms with Gasteiger partial charge in [0, 0.05) is 50.5 Å². The molecule has 3 heterocycles. The molecule has 0 saturated heterocycles. The maximum Gasteiger partial charge on any atom is 0.238 e. The molecule has 0 saturated carbocycles. The van der Waals surface area contributed by atoms with Crippen molar-refractivity contribution in [2.45, 2.75) is 38.0 Å². The van der Waals surface area contributed by atoms with Gasteiger partial charge in [-0.25, -0.2) is 18.4 Å². The summed E-state index contributed by atoms with van der Waals surface area (Å²) in [4.78, 5) is 12.7. The third-order valence-electron chi connectivity index (χ3n) is 5.33. The topological polar surface area (TPSA) is 134 Å². The van der Waals surface area contributed by atoms with Gasteiger partial charge in [-0.05, 0) is 31.5 Å². The first-order chi connectivity index (χ1) is 15.8. The molecule has 12 heteroatoms. The maximum atomic E-state index is 13.3. The quantitative estimate of drug-likeness (QED) is 0.443. The minimum atomic E-state index is -3.88. The van der Waals surface area contributed by atoms with Crippen LogP contribution in [0.15, 0.2) is 36.9 Å². The first kappa shape index (κ1) is 24.7. The van der Waals surface area contributed by atoms with Gasteiger partial charge in [-0.15, -0.1) is 10.2 Å². The number of pyridine rings is 1. The molecule has 0 bridgehead atoms. The Labute approximate surface area is 193 Å². The van der Waals surface area contributed by atoms with Gasteiger partial charge in [-0.3, -0.25) is 14.3 Å². The molecule has 11 nitrogen and oxygen atoms in total. The largest absolute Gasteiger partial charge is 0.382 e. The van der Waals surface area contributed by atoms with Gasteiger partial charge in [0.2, 0.25) is 16.0 Å². The summed E-state index contributed by atoms with van der Waals surface area (Å²) in [5.74, 6) is 0.512. The van der Waals surface area contributed by atoms with Crippen molar-refractivity contribution in [3.63, 3.8) is 0 Å². The number of ether oxygens (including phenoxy) is 2. The summed E-state index contributed by atoms with van der Waals surface area (Å²) < 4.78 is 41.6. The summed E-state index contributed by atoms with van der Waals surface area (Å²) in [5, 5.41) is 7.54. The number of methoxy groups -OCH3 is 2. The van der Waals surface area contributed by atoms with E-state index in [1.807, 2.05) is 13.0 Å². The summed E-state index contributed by atoms with van der Waals surface area (Å²) in [6.07, 6.45) is 6.62. The van der Waals surface area contributed by atoms with Crippen LogP contribution < -0.4 is 4.72 Å². The minimum Gasteiger partial charge on any atom is -0.382 e. The summed E-state index contributed by atoms with van der Waals surface area (Å²) in [6, 6.07) is 3.21. The molecule has 0 fully saturated rings. The monoisotopic (exact) mass is 475 g/mol. The second-order valence-electron chi connectivity index (χ2n) is 7.78. The van der Waals surface area contributed by atoms with E-state index in [4.69, 9.17) is 9.47 Å². The average Bonchev–Trinajstić information content (AvgIpc) is 3.21. The molecule has 0 aliphatic carbocycles. The Morgan fingerprint density at radius 3 is 2.30 bits per heavy atom. The zero-order chi connectivity index (χ0) is 24.0. The Kier molecular flexibility index (Phi) is 8.06. The molecule has 33 heavy (non-hydrogen) atoms. The molecule has 3 aromatic heterocycles. The molecule has 1 N–H and O–H groups in total. The number of aromatic nitrogens is 6. The van der Waals surface area contributed by atoms with Crippen molar-refractivity contribution in [1.82, 2.24) is 29.7 Å². The molecular formula is C21H29N7O4S. The lowest BCUT2D eigenvalue weighted by Crippen LogP contribution is -2.32. The van der Waals surface area contributed by atoms with E-state index in [1.54, 1.807) is 63.5 Å². The Morgan fingerprint density at radius 1 is 1.06 bits per heavy atom. The van der Waals surface area contributed by atoms with E-state index in [9.17, 15) is 8.42 Å². The first-order valence-corrected chi connectivity index (χ1v) is 12.0. The van der Waals surface area contributed by atoms with Crippen molar-refractivity contribution >= 4 is 16.0 Å². The van der Waals surface area contributed by atoms with Crippen LogP contribution in [0, 0.1) is 6.92 Å². The van der Waals surface area contributed by atoms with Crippen molar-refractivity contribution < 1.29 is 17.9 Å². The van der Waals surface area contributed by atoms with Gasteiger partial charge in [0.1, 0.15) is 5.82 Å². The zero-order valence-electron chi connectivity index (χ0n) is 19.3. The van der Waals surface area contributed by atoms with Gasteiger partial charge in [-0.2, -0.15) is 0 Å². The Balaban J connectivity index is 1.97. The molecule has 0 aliphatic rings. The number of nitrogens with one attached hydrogen (secondary N) is 1. The summed E-state index contributed by atoms with van der Waals surface area (Å²) in [7, 11) is -0.753. The molecule has 0 aromatic carbocycles. The normalized spacial score (nSPS) is 13.8. The fraction of sp³-hybridized carbons (Fsp3) is 0.476. The van der Waals surface area contributed by atoms with Crippen LogP contribution in [-0.4, -0.2) is 70.8 Å². The molecule has 2 atom stereocenters. The van der Waals surface area contributed by atoms with Crippen LogP contribution >= 0.6 is 0 Å². The zero-order valence-corrected chi connectivity index (χ0v) is 20.2. The number of sulfonamides is 1. The lowest BCUT2D eigenvalue weighted by molar-refractivity contribution is 0.0909. The van der Waals surface area contributed by atoms with E-state index in [0.717, 1.165) is 5.56 Å². The Morgan fingerprint density at radius 2 is 1.73 bits per heavy atom. The van der Waals surface area contributed by atoms with Crippen molar-refractivity contribution in [2.75, 3.05) is 32.2 Å². The second kappa shape index (κ2) is 10.8. The van der Waals surface area contributed by atoms with E-state index < -0.39 is 21.2 Å². The highest BCUT2D eigenvalue weighted by Crippen LogP contribution is 2.28. The average molecular weight is 476 g/mol. The van der Waals surface area contributed by atoms with Gasteiger partial charge in [0.25, 0.3) is 0 Å². The molecule has 3 rings (SSSR count). The van der Waals surface area contributed by atoms with E-state index >= 15 is 0 Å².